The molecular formula is C17H20ClFN2. The molecule has 2 nitrogen and oxygen atoms in total. The molecule has 0 saturated heterocycles. The van der Waals surface area contributed by atoms with Gasteiger partial charge in [0.1, 0.15) is 5.82 Å². The average Bonchev–Trinajstić information content (AvgIpc) is 2.48. The Morgan fingerprint density at radius 3 is 2.57 bits per heavy atom. The van der Waals surface area contributed by atoms with Crippen LogP contribution in [0.2, 0.25) is 5.02 Å². The van der Waals surface area contributed by atoms with Gasteiger partial charge in [0.2, 0.25) is 0 Å². The summed E-state index contributed by atoms with van der Waals surface area (Å²) in [4.78, 5) is 1.98. The fraction of sp³-hybridized carbons (Fsp3) is 0.294. The van der Waals surface area contributed by atoms with E-state index in [1.807, 2.05) is 43.3 Å². The van der Waals surface area contributed by atoms with Crippen molar-refractivity contribution in [3.63, 3.8) is 0 Å². The highest BCUT2D eigenvalue weighted by atomic mass is 35.5. The fourth-order valence-electron chi connectivity index (χ4n) is 2.23. The third-order valence-electron chi connectivity index (χ3n) is 3.69. The highest BCUT2D eigenvalue weighted by Gasteiger charge is 2.11. The van der Waals surface area contributed by atoms with E-state index in [1.165, 1.54) is 6.07 Å². The Morgan fingerprint density at radius 2 is 1.95 bits per heavy atom. The molecule has 112 valence electrons. The minimum atomic E-state index is -0.184. The molecule has 2 aromatic rings. The molecule has 0 spiro atoms. The minimum Gasteiger partial charge on any atom is -0.370 e. The Hall–Kier alpha value is -1.58. The van der Waals surface area contributed by atoms with Gasteiger partial charge >= 0.3 is 0 Å². The summed E-state index contributed by atoms with van der Waals surface area (Å²) >= 11 is 6.34. The van der Waals surface area contributed by atoms with Gasteiger partial charge in [0.05, 0.1) is 0 Å². The Kier molecular flexibility index (Phi) is 5.21. The van der Waals surface area contributed by atoms with Gasteiger partial charge in [0.15, 0.2) is 0 Å². The molecule has 1 atom stereocenters. The van der Waals surface area contributed by atoms with Crippen molar-refractivity contribution >= 4 is 17.3 Å². The molecule has 0 radical (unpaired) electrons. The van der Waals surface area contributed by atoms with Crippen LogP contribution in [0.5, 0.6) is 0 Å². The van der Waals surface area contributed by atoms with Crippen LogP contribution in [0.4, 0.5) is 10.1 Å². The normalized spacial score (nSPS) is 12.2. The lowest BCUT2D eigenvalue weighted by Gasteiger charge is -2.21. The molecule has 0 saturated carbocycles. The van der Waals surface area contributed by atoms with E-state index < -0.39 is 0 Å². The lowest BCUT2D eigenvalue weighted by molar-refractivity contribution is 0.608. The summed E-state index contributed by atoms with van der Waals surface area (Å²) in [5.74, 6) is -0.184. The summed E-state index contributed by atoms with van der Waals surface area (Å²) in [6, 6.07) is 13.0. The summed E-state index contributed by atoms with van der Waals surface area (Å²) in [6.07, 6.45) is 0. The zero-order valence-electron chi connectivity index (χ0n) is 12.5. The van der Waals surface area contributed by atoms with Gasteiger partial charge in [-0.05, 0) is 37.7 Å². The maximum absolute atomic E-state index is 13.7. The fourth-order valence-corrected chi connectivity index (χ4v) is 2.57. The van der Waals surface area contributed by atoms with Crippen LogP contribution in [-0.4, -0.2) is 14.1 Å². The van der Waals surface area contributed by atoms with E-state index in [-0.39, 0.29) is 11.9 Å². The molecule has 0 aliphatic heterocycles. The molecule has 0 aliphatic rings. The van der Waals surface area contributed by atoms with Gasteiger partial charge in [-0.2, -0.15) is 0 Å². The van der Waals surface area contributed by atoms with Crippen LogP contribution in [0.25, 0.3) is 0 Å². The van der Waals surface area contributed by atoms with Crippen molar-refractivity contribution in [2.75, 3.05) is 19.0 Å². The maximum Gasteiger partial charge on any atom is 0.128 e. The van der Waals surface area contributed by atoms with E-state index in [0.29, 0.717) is 12.1 Å². The summed E-state index contributed by atoms with van der Waals surface area (Å²) in [6.45, 7) is 2.56. The third-order valence-corrected chi connectivity index (χ3v) is 4.02. The van der Waals surface area contributed by atoms with Crippen LogP contribution in [0.3, 0.4) is 0 Å². The molecule has 21 heavy (non-hydrogen) atoms. The van der Waals surface area contributed by atoms with E-state index in [1.54, 1.807) is 12.1 Å². The maximum atomic E-state index is 13.7. The van der Waals surface area contributed by atoms with Gasteiger partial charge in [0.25, 0.3) is 0 Å². The molecule has 4 heteroatoms. The van der Waals surface area contributed by atoms with Crippen molar-refractivity contribution in [2.24, 2.45) is 0 Å². The SMILES string of the molecule is CNC(C)c1ccc(N(C)Cc2ccccc2F)cc1Cl. The molecule has 2 aromatic carbocycles. The Morgan fingerprint density at radius 1 is 1.24 bits per heavy atom. The van der Waals surface area contributed by atoms with Gasteiger partial charge in [-0.3, -0.25) is 0 Å². The number of hydrogen-bond acceptors (Lipinski definition) is 2. The molecule has 0 bridgehead atoms. The molecule has 0 amide bonds. The Labute approximate surface area is 130 Å². The van der Waals surface area contributed by atoms with Crippen molar-refractivity contribution < 1.29 is 4.39 Å². The van der Waals surface area contributed by atoms with Crippen molar-refractivity contribution in [1.29, 1.82) is 0 Å². The Bertz CT molecular complexity index is 615. The number of nitrogens with one attached hydrogen (secondary N) is 1. The zero-order valence-corrected chi connectivity index (χ0v) is 13.3. The van der Waals surface area contributed by atoms with E-state index in [9.17, 15) is 4.39 Å². The second-order valence-electron chi connectivity index (χ2n) is 5.16. The van der Waals surface area contributed by atoms with Crippen molar-refractivity contribution in [3.05, 3.63) is 64.4 Å². The number of benzene rings is 2. The van der Waals surface area contributed by atoms with Crippen LogP contribution in [0.15, 0.2) is 42.5 Å². The standard InChI is InChI=1S/C17H20ClFN2/c1-12(20-2)15-9-8-14(10-16(15)18)21(3)11-13-6-4-5-7-17(13)19/h4-10,12,20H,11H2,1-3H3. The first-order valence-corrected chi connectivity index (χ1v) is 7.32. The number of anilines is 1. The van der Waals surface area contributed by atoms with Crippen molar-refractivity contribution in [1.82, 2.24) is 5.32 Å². The minimum absolute atomic E-state index is 0.184. The van der Waals surface area contributed by atoms with Gasteiger partial charge < -0.3 is 10.2 Å². The molecular weight excluding hydrogens is 287 g/mol. The Balaban J connectivity index is 2.18. The number of hydrogen-bond donors (Lipinski definition) is 1. The topological polar surface area (TPSA) is 15.3 Å². The quantitative estimate of drug-likeness (QED) is 0.881. The number of rotatable bonds is 5. The molecule has 1 N–H and O–H groups in total. The second kappa shape index (κ2) is 6.92. The van der Waals surface area contributed by atoms with Gasteiger partial charge in [-0.15, -0.1) is 0 Å². The lowest BCUT2D eigenvalue weighted by Crippen LogP contribution is -2.18. The summed E-state index contributed by atoms with van der Waals surface area (Å²) in [5, 5.41) is 3.89. The number of halogens is 2. The van der Waals surface area contributed by atoms with Crippen molar-refractivity contribution in [3.8, 4) is 0 Å². The van der Waals surface area contributed by atoms with Crippen LogP contribution in [0, 0.1) is 5.82 Å². The zero-order chi connectivity index (χ0) is 15.4. The van der Waals surface area contributed by atoms with Gasteiger partial charge in [-0.25, -0.2) is 4.39 Å². The van der Waals surface area contributed by atoms with Crippen LogP contribution in [0.1, 0.15) is 24.1 Å². The third kappa shape index (κ3) is 3.74. The largest absolute Gasteiger partial charge is 0.370 e. The van der Waals surface area contributed by atoms with E-state index in [0.717, 1.165) is 16.3 Å². The van der Waals surface area contributed by atoms with Crippen molar-refractivity contribution in [2.45, 2.75) is 19.5 Å². The first kappa shape index (κ1) is 15.8. The second-order valence-corrected chi connectivity index (χ2v) is 5.57. The average molecular weight is 307 g/mol. The monoisotopic (exact) mass is 306 g/mol. The molecule has 0 fully saturated rings. The van der Waals surface area contributed by atoms with Crippen LogP contribution < -0.4 is 10.2 Å². The van der Waals surface area contributed by atoms with Gasteiger partial charge in [0, 0.05) is 35.9 Å². The van der Waals surface area contributed by atoms with Crippen LogP contribution >= 0.6 is 11.6 Å². The molecule has 0 aromatic heterocycles. The smallest absolute Gasteiger partial charge is 0.128 e. The van der Waals surface area contributed by atoms with E-state index in [4.69, 9.17) is 11.6 Å². The lowest BCUT2D eigenvalue weighted by atomic mass is 10.1. The summed E-state index contributed by atoms with van der Waals surface area (Å²) in [7, 11) is 3.83. The van der Waals surface area contributed by atoms with E-state index >= 15 is 0 Å². The van der Waals surface area contributed by atoms with E-state index in [2.05, 4.69) is 12.2 Å². The number of nitrogens with zero attached hydrogens (tertiary/aromatic N) is 1. The highest BCUT2D eigenvalue weighted by molar-refractivity contribution is 6.31. The van der Waals surface area contributed by atoms with Gasteiger partial charge in [-0.1, -0.05) is 35.9 Å². The predicted molar refractivity (Wildman–Crippen MR) is 87.4 cm³/mol. The molecule has 0 aliphatic carbocycles. The summed E-state index contributed by atoms with van der Waals surface area (Å²) < 4.78 is 13.7. The predicted octanol–water partition coefficient (Wildman–Crippen LogP) is 4.40. The first-order valence-electron chi connectivity index (χ1n) is 6.94. The molecule has 1 unspecified atom stereocenters. The molecule has 0 heterocycles. The molecule has 2 rings (SSSR count). The van der Waals surface area contributed by atoms with Crippen LogP contribution in [-0.2, 0) is 6.54 Å². The summed E-state index contributed by atoms with van der Waals surface area (Å²) in [5.41, 5.74) is 2.70. The highest BCUT2D eigenvalue weighted by Crippen LogP contribution is 2.28. The first-order chi connectivity index (χ1) is 10.0.